The molecule has 8 nitrogen and oxygen atoms in total. The van der Waals surface area contributed by atoms with Gasteiger partial charge in [-0.1, -0.05) is 36.4 Å². The lowest BCUT2D eigenvalue weighted by Gasteiger charge is -2.28. The molecule has 0 radical (unpaired) electrons. The second kappa shape index (κ2) is 10.2. The largest absolute Gasteiger partial charge is 0.468 e. The smallest absolute Gasteiger partial charge is 0.408 e. The van der Waals surface area contributed by atoms with Crippen LogP contribution in [-0.4, -0.2) is 48.3 Å². The molecule has 3 rings (SSSR count). The van der Waals surface area contributed by atoms with Crippen LogP contribution in [0.25, 0.3) is 10.9 Å². The molecule has 0 fully saturated rings. The third kappa shape index (κ3) is 6.35. The Labute approximate surface area is 192 Å². The summed E-state index contributed by atoms with van der Waals surface area (Å²) in [7, 11) is 1.26. The molecule has 2 amide bonds. The Balaban J connectivity index is 1.95. The van der Waals surface area contributed by atoms with Crippen LogP contribution < -0.4 is 10.2 Å². The minimum absolute atomic E-state index is 0.201. The number of hydrogen-bond acceptors (Lipinski definition) is 5. The topological polar surface area (TPSA) is 101 Å². The number of aromatic amines is 1. The van der Waals surface area contributed by atoms with Crippen molar-refractivity contribution < 1.29 is 23.9 Å². The van der Waals surface area contributed by atoms with E-state index in [2.05, 4.69) is 10.3 Å². The number of benzene rings is 2. The predicted octanol–water partition coefficient (Wildman–Crippen LogP) is 3.81. The Morgan fingerprint density at radius 1 is 1.03 bits per heavy atom. The van der Waals surface area contributed by atoms with Crippen molar-refractivity contribution in [3.05, 3.63) is 66.4 Å². The van der Waals surface area contributed by atoms with Crippen LogP contribution in [0.4, 0.5) is 10.5 Å². The Morgan fingerprint density at radius 2 is 1.70 bits per heavy atom. The summed E-state index contributed by atoms with van der Waals surface area (Å²) in [5.41, 5.74) is 1.56. The van der Waals surface area contributed by atoms with E-state index in [1.807, 2.05) is 36.5 Å². The van der Waals surface area contributed by atoms with Gasteiger partial charge >= 0.3 is 12.1 Å². The summed E-state index contributed by atoms with van der Waals surface area (Å²) in [6, 6.07) is 15.5. The molecule has 0 unspecified atom stereocenters. The molecule has 33 heavy (non-hydrogen) atoms. The van der Waals surface area contributed by atoms with Gasteiger partial charge in [0.1, 0.15) is 18.2 Å². The molecule has 174 valence electrons. The minimum atomic E-state index is -0.982. The van der Waals surface area contributed by atoms with E-state index in [9.17, 15) is 14.4 Å². The van der Waals surface area contributed by atoms with E-state index >= 15 is 0 Å². The highest BCUT2D eigenvalue weighted by Gasteiger charge is 2.31. The number of amides is 2. The molecule has 2 aromatic carbocycles. The van der Waals surface area contributed by atoms with Gasteiger partial charge in [-0.15, -0.1) is 0 Å². The number of carbonyl (C=O) groups excluding carboxylic acids is 3. The third-order valence-electron chi connectivity index (χ3n) is 4.94. The first-order chi connectivity index (χ1) is 15.7. The number of nitrogens with one attached hydrogen (secondary N) is 2. The summed E-state index contributed by atoms with van der Waals surface area (Å²) in [4.78, 5) is 42.9. The molecule has 0 spiro atoms. The predicted molar refractivity (Wildman–Crippen MR) is 126 cm³/mol. The van der Waals surface area contributed by atoms with Crippen LogP contribution in [0.1, 0.15) is 26.3 Å². The number of hydrogen-bond donors (Lipinski definition) is 2. The number of fused-ring (bicyclic) bond motifs is 1. The number of carbonyl (C=O) groups is 3. The molecular weight excluding hydrogens is 422 g/mol. The molecule has 0 saturated heterocycles. The Bertz CT molecular complexity index is 1120. The zero-order valence-electron chi connectivity index (χ0n) is 19.3. The maximum Gasteiger partial charge on any atom is 0.408 e. The molecular formula is C25H29N3O5. The summed E-state index contributed by atoms with van der Waals surface area (Å²) >= 11 is 0. The van der Waals surface area contributed by atoms with E-state index in [1.165, 1.54) is 12.0 Å². The van der Waals surface area contributed by atoms with Crippen molar-refractivity contribution in [1.82, 2.24) is 10.3 Å². The zero-order valence-corrected chi connectivity index (χ0v) is 19.3. The highest BCUT2D eigenvalue weighted by molar-refractivity contribution is 6.02. The maximum absolute atomic E-state index is 13.7. The van der Waals surface area contributed by atoms with Gasteiger partial charge in [-0.25, -0.2) is 4.79 Å². The summed E-state index contributed by atoms with van der Waals surface area (Å²) in [6.45, 7) is 4.95. The van der Waals surface area contributed by atoms with Gasteiger partial charge in [0.05, 0.1) is 7.11 Å². The fraction of sp³-hybridized carbons (Fsp3) is 0.320. The highest BCUT2D eigenvalue weighted by atomic mass is 16.6. The Kier molecular flexibility index (Phi) is 7.37. The SMILES string of the molecule is COC(=O)CN(C(=O)[C@@H](Cc1c[nH]c2ccccc12)NC(=O)OC(C)(C)C)c1ccccc1. The first-order valence-electron chi connectivity index (χ1n) is 10.7. The molecule has 1 aromatic heterocycles. The van der Waals surface area contributed by atoms with E-state index in [4.69, 9.17) is 9.47 Å². The lowest BCUT2D eigenvalue weighted by atomic mass is 10.0. The van der Waals surface area contributed by atoms with Crippen LogP contribution in [-0.2, 0) is 25.5 Å². The number of rotatable bonds is 7. The number of esters is 1. The fourth-order valence-electron chi connectivity index (χ4n) is 3.46. The van der Waals surface area contributed by atoms with E-state index in [-0.39, 0.29) is 13.0 Å². The van der Waals surface area contributed by atoms with Gasteiger partial charge in [0.25, 0.3) is 5.91 Å². The van der Waals surface area contributed by atoms with Crippen molar-refractivity contribution in [2.24, 2.45) is 0 Å². The molecule has 0 aliphatic rings. The summed E-state index contributed by atoms with van der Waals surface area (Å²) in [5.74, 6) is -1.03. The summed E-state index contributed by atoms with van der Waals surface area (Å²) in [5, 5.41) is 3.64. The standard InChI is InChI=1S/C25H29N3O5/c1-25(2,3)33-24(31)27-21(14-17-15-26-20-13-9-8-12-19(17)20)23(30)28(16-22(29)32-4)18-10-6-5-7-11-18/h5-13,15,21,26H,14,16H2,1-4H3,(H,27,31)/t21-/m1/s1. The average molecular weight is 452 g/mol. The van der Waals surface area contributed by atoms with Crippen molar-refractivity contribution in [3.8, 4) is 0 Å². The van der Waals surface area contributed by atoms with Crippen molar-refractivity contribution in [3.63, 3.8) is 0 Å². The zero-order chi connectivity index (χ0) is 24.0. The quantitative estimate of drug-likeness (QED) is 0.532. The number of para-hydroxylation sites is 2. The number of alkyl carbamates (subject to hydrolysis) is 1. The first-order valence-corrected chi connectivity index (χ1v) is 10.7. The molecule has 8 heteroatoms. The minimum Gasteiger partial charge on any atom is -0.468 e. The van der Waals surface area contributed by atoms with Crippen LogP contribution in [0.5, 0.6) is 0 Å². The van der Waals surface area contributed by atoms with Crippen molar-refractivity contribution >= 4 is 34.6 Å². The normalized spacial score (nSPS) is 12.1. The van der Waals surface area contributed by atoms with Gasteiger partial charge < -0.3 is 19.8 Å². The van der Waals surface area contributed by atoms with Crippen LogP contribution in [0.2, 0.25) is 0 Å². The van der Waals surface area contributed by atoms with Crippen molar-refractivity contribution in [2.45, 2.75) is 38.8 Å². The molecule has 0 aliphatic heterocycles. The van der Waals surface area contributed by atoms with Crippen LogP contribution >= 0.6 is 0 Å². The van der Waals surface area contributed by atoms with E-state index < -0.39 is 29.6 Å². The summed E-state index contributed by atoms with van der Waals surface area (Å²) in [6.07, 6.45) is 1.30. The van der Waals surface area contributed by atoms with Crippen LogP contribution in [0.15, 0.2) is 60.8 Å². The van der Waals surface area contributed by atoms with Gasteiger partial charge in [-0.2, -0.15) is 0 Å². The van der Waals surface area contributed by atoms with Crippen molar-refractivity contribution in [2.75, 3.05) is 18.6 Å². The van der Waals surface area contributed by atoms with Gasteiger partial charge in [0.2, 0.25) is 0 Å². The summed E-state index contributed by atoms with van der Waals surface area (Å²) < 4.78 is 10.2. The number of aromatic nitrogens is 1. The van der Waals surface area contributed by atoms with Gasteiger partial charge in [0.15, 0.2) is 0 Å². The van der Waals surface area contributed by atoms with E-state index in [0.29, 0.717) is 5.69 Å². The highest BCUT2D eigenvalue weighted by Crippen LogP contribution is 2.22. The van der Waals surface area contributed by atoms with E-state index in [1.54, 1.807) is 45.0 Å². The number of nitrogens with zero attached hydrogens (tertiary/aromatic N) is 1. The lowest BCUT2D eigenvalue weighted by molar-refractivity contribution is -0.140. The molecule has 2 N–H and O–H groups in total. The molecule has 0 bridgehead atoms. The van der Waals surface area contributed by atoms with Gasteiger partial charge in [-0.05, 0) is 44.5 Å². The Hall–Kier alpha value is -3.81. The molecule has 1 heterocycles. The number of anilines is 1. The second-order valence-electron chi connectivity index (χ2n) is 8.60. The second-order valence-corrected chi connectivity index (χ2v) is 8.60. The third-order valence-corrected chi connectivity index (χ3v) is 4.94. The first kappa shape index (κ1) is 23.8. The fourth-order valence-corrected chi connectivity index (χ4v) is 3.46. The average Bonchev–Trinajstić information content (AvgIpc) is 3.18. The van der Waals surface area contributed by atoms with E-state index in [0.717, 1.165) is 16.5 Å². The molecule has 3 aromatic rings. The monoisotopic (exact) mass is 451 g/mol. The molecule has 0 aliphatic carbocycles. The number of methoxy groups -OCH3 is 1. The number of H-pyrrole nitrogens is 1. The van der Waals surface area contributed by atoms with Crippen molar-refractivity contribution in [1.29, 1.82) is 0 Å². The Morgan fingerprint density at radius 3 is 2.36 bits per heavy atom. The van der Waals surface area contributed by atoms with Gasteiger partial charge in [-0.3, -0.25) is 14.5 Å². The van der Waals surface area contributed by atoms with Crippen LogP contribution in [0.3, 0.4) is 0 Å². The van der Waals surface area contributed by atoms with Crippen LogP contribution in [0, 0.1) is 0 Å². The molecule has 1 atom stereocenters. The van der Waals surface area contributed by atoms with Gasteiger partial charge in [0, 0.05) is 29.2 Å². The lowest BCUT2D eigenvalue weighted by Crippen LogP contribution is -2.52. The maximum atomic E-state index is 13.7. The molecule has 0 saturated carbocycles. The number of ether oxygens (including phenoxy) is 2.